The number of allylic oxidation sites excluding steroid dienone is 3. The number of nitrogens with one attached hydrogen (secondary N) is 1. The van der Waals surface area contributed by atoms with Crippen LogP contribution in [0.4, 0.5) is 0 Å². The second-order valence-electron chi connectivity index (χ2n) is 14.9. The highest BCUT2D eigenvalue weighted by molar-refractivity contribution is 5.91. The lowest BCUT2D eigenvalue weighted by molar-refractivity contribution is -0.283. The van der Waals surface area contributed by atoms with Crippen molar-refractivity contribution in [3.63, 3.8) is 0 Å². The second-order valence-corrected chi connectivity index (χ2v) is 14.9. The molecule has 266 valence electrons. The van der Waals surface area contributed by atoms with Gasteiger partial charge in [0.2, 0.25) is 0 Å². The lowest BCUT2D eigenvalue weighted by Crippen LogP contribution is -2.56. The quantitative estimate of drug-likeness (QED) is 0.203. The molecule has 0 radical (unpaired) electrons. The molecule has 2 rings (SSSR count). The third kappa shape index (κ3) is 12.4. The highest BCUT2D eigenvalue weighted by Gasteiger charge is 2.43. The Labute approximate surface area is 277 Å². The van der Waals surface area contributed by atoms with Gasteiger partial charge < -0.3 is 39.7 Å². The van der Waals surface area contributed by atoms with E-state index in [0.29, 0.717) is 38.8 Å². The summed E-state index contributed by atoms with van der Waals surface area (Å²) in [6.45, 7) is 16.7. The molecule has 46 heavy (non-hydrogen) atoms. The number of ketones is 1. The van der Waals surface area contributed by atoms with E-state index < -0.39 is 36.5 Å². The molecule has 10 heteroatoms. The maximum absolute atomic E-state index is 13.4. The Balaban J connectivity index is 2.52. The largest absolute Gasteiger partial charge is 0.462 e. The lowest BCUT2D eigenvalue weighted by Gasteiger charge is -2.44. The Morgan fingerprint density at radius 2 is 1.76 bits per heavy atom. The van der Waals surface area contributed by atoms with E-state index >= 15 is 0 Å². The zero-order valence-corrected chi connectivity index (χ0v) is 30.1. The number of cyclic esters (lactones) is 1. The molecule has 1 fully saturated rings. The summed E-state index contributed by atoms with van der Waals surface area (Å²) < 4.78 is 18.7. The topological polar surface area (TPSA) is 138 Å². The van der Waals surface area contributed by atoms with Crippen LogP contribution in [0.3, 0.4) is 0 Å². The maximum Gasteiger partial charge on any atom is 0.308 e. The summed E-state index contributed by atoms with van der Waals surface area (Å²) in [5, 5.41) is 36.0. The van der Waals surface area contributed by atoms with E-state index in [1.54, 1.807) is 6.08 Å². The molecule has 0 aliphatic carbocycles. The lowest BCUT2D eigenvalue weighted by atomic mass is 9.79. The minimum absolute atomic E-state index is 0.00691. The summed E-state index contributed by atoms with van der Waals surface area (Å²) in [5.41, 5.74) is 0.606. The van der Waals surface area contributed by atoms with Crippen LogP contribution in [-0.2, 0) is 23.8 Å². The van der Waals surface area contributed by atoms with Gasteiger partial charge >= 0.3 is 5.97 Å². The van der Waals surface area contributed by atoms with E-state index in [1.807, 2.05) is 86.5 Å². The fraction of sp³-hybridized carbons (Fsp3) is 0.833. The van der Waals surface area contributed by atoms with Crippen molar-refractivity contribution >= 4 is 11.8 Å². The summed E-state index contributed by atoms with van der Waals surface area (Å²) in [4.78, 5) is 28.5. The second kappa shape index (κ2) is 18.8. The summed E-state index contributed by atoms with van der Waals surface area (Å²) in [6, 6.07) is -0.189. The fourth-order valence-electron chi connectivity index (χ4n) is 6.54. The molecule has 2 aliphatic rings. The summed E-state index contributed by atoms with van der Waals surface area (Å²) in [5.74, 6) is -1.70. The molecule has 0 aromatic rings. The zero-order chi connectivity index (χ0) is 34.8. The van der Waals surface area contributed by atoms with Gasteiger partial charge in [-0.05, 0) is 72.2 Å². The zero-order valence-electron chi connectivity index (χ0n) is 30.1. The van der Waals surface area contributed by atoms with Gasteiger partial charge in [0, 0.05) is 42.4 Å². The van der Waals surface area contributed by atoms with Crippen molar-refractivity contribution in [1.29, 1.82) is 0 Å². The Hall–Kier alpha value is -1.66. The predicted molar refractivity (Wildman–Crippen MR) is 180 cm³/mol. The number of nitrogens with zero attached hydrogens (tertiary/aromatic N) is 1. The number of likely N-dealkylation sites (N-methyl/N-ethyl adjacent to an activating group) is 1. The Bertz CT molecular complexity index is 1010. The number of hydrogen-bond donors (Lipinski definition) is 4. The normalized spacial score (nSPS) is 37.9. The third-order valence-electron chi connectivity index (χ3n) is 9.71. The van der Waals surface area contributed by atoms with Crippen LogP contribution in [0.1, 0.15) is 87.5 Å². The van der Waals surface area contributed by atoms with Gasteiger partial charge in [0.05, 0.1) is 24.7 Å². The summed E-state index contributed by atoms with van der Waals surface area (Å²) >= 11 is 0. The van der Waals surface area contributed by atoms with Gasteiger partial charge in [0.15, 0.2) is 12.1 Å². The molecular formula is C36H64N2O8. The number of rotatable bonds is 10. The van der Waals surface area contributed by atoms with Crippen LogP contribution in [-0.4, -0.2) is 109 Å². The fourth-order valence-corrected chi connectivity index (χ4v) is 6.54. The van der Waals surface area contributed by atoms with Crippen molar-refractivity contribution in [2.24, 2.45) is 29.1 Å². The van der Waals surface area contributed by atoms with Crippen molar-refractivity contribution < 1.29 is 39.1 Å². The number of aliphatic hydroxyl groups is 3. The van der Waals surface area contributed by atoms with Crippen molar-refractivity contribution in [3.05, 3.63) is 23.8 Å². The van der Waals surface area contributed by atoms with Crippen molar-refractivity contribution in [1.82, 2.24) is 10.2 Å². The standard InChI is InChI=1S/C36H64N2O8/c1-11-31-24(4)16-22(2)12-13-29(40)23(3)17-27(14-15-37-20-36(7,8)21-39)34(26(6)30(41)19-32(42)45-31)46-35-33(43)28(38(9)10)18-25(5)44-35/h12-13,16,23-28,30-31,33-35,37,39,41,43H,11,14-15,17-21H2,1-10H3/b13-12+,22-16+/t23-,24+,25-,26+,27+,28+,30?,31-,33-,34-,35+/m1/s1. The number of carbonyl (C=O) groups excluding carboxylic acids is 2. The Morgan fingerprint density at radius 3 is 2.37 bits per heavy atom. The minimum Gasteiger partial charge on any atom is -0.462 e. The van der Waals surface area contributed by atoms with Crippen LogP contribution in [0.25, 0.3) is 0 Å². The molecule has 2 aliphatic heterocycles. The van der Waals surface area contributed by atoms with E-state index in [9.17, 15) is 24.9 Å². The Kier molecular flexibility index (Phi) is 16.5. The SMILES string of the molecule is CC[C@H]1OC(=O)CC(O)[C@H](C)[C@@H](O[C@@H]2O[C@H](C)C[C@H](N(C)C)[C@H]2O)[C@@H](CCNCC(C)(C)CO)C[C@@H](C)C(=O)/C=C/C(C)=C/[C@@H]1C. The number of ether oxygens (including phenoxy) is 3. The molecule has 0 saturated carbocycles. The van der Waals surface area contributed by atoms with Crippen LogP contribution >= 0.6 is 0 Å². The monoisotopic (exact) mass is 652 g/mol. The first kappa shape index (κ1) is 40.5. The summed E-state index contributed by atoms with van der Waals surface area (Å²) in [7, 11) is 3.83. The molecule has 10 nitrogen and oxygen atoms in total. The van der Waals surface area contributed by atoms with Gasteiger partial charge in [-0.1, -0.05) is 59.3 Å². The molecular weight excluding hydrogens is 588 g/mol. The van der Waals surface area contributed by atoms with Gasteiger partial charge in [-0.15, -0.1) is 0 Å². The van der Waals surface area contributed by atoms with Gasteiger partial charge in [-0.3, -0.25) is 9.59 Å². The first-order valence-electron chi connectivity index (χ1n) is 17.2. The first-order valence-corrected chi connectivity index (χ1v) is 17.2. The summed E-state index contributed by atoms with van der Waals surface area (Å²) in [6.07, 6.45) is 3.37. The highest BCUT2D eigenvalue weighted by atomic mass is 16.7. The smallest absolute Gasteiger partial charge is 0.308 e. The maximum atomic E-state index is 13.4. The van der Waals surface area contributed by atoms with E-state index in [4.69, 9.17) is 14.2 Å². The van der Waals surface area contributed by atoms with E-state index in [2.05, 4.69) is 5.32 Å². The van der Waals surface area contributed by atoms with Gasteiger partial charge in [-0.2, -0.15) is 0 Å². The van der Waals surface area contributed by atoms with E-state index in [0.717, 1.165) is 5.57 Å². The molecule has 0 bridgehead atoms. The number of aliphatic hydroxyl groups excluding tert-OH is 3. The van der Waals surface area contributed by atoms with Crippen LogP contribution < -0.4 is 5.32 Å². The highest BCUT2D eigenvalue weighted by Crippen LogP contribution is 2.34. The van der Waals surface area contributed by atoms with Gasteiger partial charge in [0.25, 0.3) is 0 Å². The minimum atomic E-state index is -1.09. The van der Waals surface area contributed by atoms with Crippen molar-refractivity contribution in [3.8, 4) is 0 Å². The Morgan fingerprint density at radius 1 is 1.09 bits per heavy atom. The molecule has 2 heterocycles. The molecule has 0 aromatic heterocycles. The number of carbonyl (C=O) groups is 2. The number of esters is 1. The third-order valence-corrected chi connectivity index (χ3v) is 9.71. The van der Waals surface area contributed by atoms with Crippen LogP contribution in [0.2, 0.25) is 0 Å². The molecule has 0 aromatic carbocycles. The molecule has 4 N–H and O–H groups in total. The van der Waals surface area contributed by atoms with Gasteiger partial charge in [-0.25, -0.2) is 0 Å². The van der Waals surface area contributed by atoms with Crippen molar-refractivity contribution in [2.45, 2.75) is 130 Å². The number of hydrogen-bond acceptors (Lipinski definition) is 10. The molecule has 11 atom stereocenters. The van der Waals surface area contributed by atoms with Crippen LogP contribution in [0.15, 0.2) is 23.8 Å². The molecule has 1 unspecified atom stereocenters. The van der Waals surface area contributed by atoms with Gasteiger partial charge in [0.1, 0.15) is 12.2 Å². The average Bonchev–Trinajstić information content (AvgIpc) is 2.99. The first-order chi connectivity index (χ1) is 21.5. The predicted octanol–water partition coefficient (Wildman–Crippen LogP) is 3.87. The van der Waals surface area contributed by atoms with E-state index in [-0.39, 0.29) is 60.2 Å². The molecule has 1 saturated heterocycles. The molecule has 0 amide bonds. The van der Waals surface area contributed by atoms with Crippen LogP contribution in [0.5, 0.6) is 0 Å². The van der Waals surface area contributed by atoms with Crippen LogP contribution in [0, 0.1) is 29.1 Å². The molecule has 0 spiro atoms. The van der Waals surface area contributed by atoms with Crippen molar-refractivity contribution in [2.75, 3.05) is 33.8 Å². The van der Waals surface area contributed by atoms with E-state index in [1.165, 1.54) is 0 Å². The average molecular weight is 653 g/mol.